The van der Waals surface area contributed by atoms with Crippen molar-refractivity contribution in [2.75, 3.05) is 0 Å². The topological polar surface area (TPSA) is 36.7 Å². The Morgan fingerprint density at radius 2 is 2.27 bits per heavy atom. The van der Waals surface area contributed by atoms with E-state index < -0.39 is 6.43 Å². The largest absolute Gasteiger partial charge is 0.280 e. The highest BCUT2D eigenvalue weighted by Gasteiger charge is 2.17. The summed E-state index contributed by atoms with van der Waals surface area (Å²) in [5.41, 5.74) is 0.236. The Labute approximate surface area is 99.0 Å². The first kappa shape index (κ1) is 12.3. The van der Waals surface area contributed by atoms with Crippen LogP contribution in [-0.4, -0.2) is 4.98 Å². The SMILES string of the molecule is N#CCc1nc(C(F)F)c(CCl)cc1Br. The lowest BCUT2D eigenvalue weighted by Gasteiger charge is -2.08. The molecular weight excluding hydrogens is 289 g/mol. The van der Waals surface area contributed by atoms with Gasteiger partial charge in [-0.2, -0.15) is 5.26 Å². The molecule has 6 heteroatoms. The van der Waals surface area contributed by atoms with Crippen LogP contribution in [0.2, 0.25) is 0 Å². The van der Waals surface area contributed by atoms with Gasteiger partial charge in [0.25, 0.3) is 6.43 Å². The molecule has 1 rings (SSSR count). The molecule has 80 valence electrons. The summed E-state index contributed by atoms with van der Waals surface area (Å²) in [6.07, 6.45) is -2.69. The summed E-state index contributed by atoms with van der Waals surface area (Å²) in [4.78, 5) is 3.73. The normalized spacial score (nSPS) is 10.4. The lowest BCUT2D eigenvalue weighted by molar-refractivity contribution is 0.145. The molecule has 0 atom stereocenters. The van der Waals surface area contributed by atoms with Gasteiger partial charge in [-0.15, -0.1) is 11.6 Å². The molecule has 0 unspecified atom stereocenters. The molecule has 0 aromatic carbocycles. The molecule has 0 amide bonds. The van der Waals surface area contributed by atoms with E-state index in [9.17, 15) is 8.78 Å². The fourth-order valence-corrected chi connectivity index (χ4v) is 1.79. The molecule has 0 aliphatic rings. The molecule has 1 heterocycles. The van der Waals surface area contributed by atoms with Crippen LogP contribution in [0.5, 0.6) is 0 Å². The summed E-state index contributed by atoms with van der Waals surface area (Å²) in [5, 5.41) is 8.48. The fraction of sp³-hybridized carbons (Fsp3) is 0.333. The second-order valence-electron chi connectivity index (χ2n) is 2.73. The zero-order valence-corrected chi connectivity index (χ0v) is 9.82. The zero-order chi connectivity index (χ0) is 11.4. The number of halogens is 4. The molecule has 15 heavy (non-hydrogen) atoms. The predicted molar refractivity (Wildman–Crippen MR) is 55.8 cm³/mol. The van der Waals surface area contributed by atoms with Gasteiger partial charge in [0.2, 0.25) is 0 Å². The lowest BCUT2D eigenvalue weighted by Crippen LogP contribution is -2.02. The van der Waals surface area contributed by atoms with Crippen LogP contribution in [0.25, 0.3) is 0 Å². The number of nitriles is 1. The van der Waals surface area contributed by atoms with Crippen LogP contribution < -0.4 is 0 Å². The fourth-order valence-electron chi connectivity index (χ4n) is 1.08. The molecule has 0 aliphatic heterocycles. The molecule has 0 bridgehead atoms. The minimum Gasteiger partial charge on any atom is -0.249 e. The van der Waals surface area contributed by atoms with Gasteiger partial charge in [-0.1, -0.05) is 0 Å². The second kappa shape index (κ2) is 5.38. The predicted octanol–water partition coefficient (Wildman–Crippen LogP) is 3.59. The molecule has 0 N–H and O–H groups in total. The molecule has 1 aromatic rings. The van der Waals surface area contributed by atoms with Crippen molar-refractivity contribution < 1.29 is 8.78 Å². The smallest absolute Gasteiger partial charge is 0.249 e. The molecule has 2 nitrogen and oxygen atoms in total. The quantitative estimate of drug-likeness (QED) is 0.799. The van der Waals surface area contributed by atoms with Gasteiger partial charge in [-0.3, -0.25) is 0 Å². The molecule has 0 fully saturated rings. The number of hydrogen-bond acceptors (Lipinski definition) is 2. The molecule has 0 saturated carbocycles. The molecule has 1 aromatic heterocycles. The van der Waals surface area contributed by atoms with Crippen LogP contribution in [0.15, 0.2) is 10.5 Å². The van der Waals surface area contributed by atoms with Crippen LogP contribution in [0.1, 0.15) is 23.4 Å². The number of aromatic nitrogens is 1. The van der Waals surface area contributed by atoms with E-state index in [0.717, 1.165) is 0 Å². The number of pyridine rings is 1. The molecular formula is C9H6BrClF2N2. The van der Waals surface area contributed by atoms with E-state index >= 15 is 0 Å². The Kier molecular flexibility index (Phi) is 4.43. The average molecular weight is 296 g/mol. The Balaban J connectivity index is 3.25. The van der Waals surface area contributed by atoms with E-state index in [1.165, 1.54) is 6.07 Å². The maximum atomic E-state index is 12.5. The highest BCUT2D eigenvalue weighted by molar-refractivity contribution is 9.10. The third-order valence-corrected chi connectivity index (χ3v) is 2.73. The van der Waals surface area contributed by atoms with Crippen LogP contribution in [0.3, 0.4) is 0 Å². The van der Waals surface area contributed by atoms with E-state index in [-0.39, 0.29) is 23.6 Å². The molecule has 0 saturated heterocycles. The summed E-state index contributed by atoms with van der Waals surface area (Å²) < 4.78 is 25.6. The summed E-state index contributed by atoms with van der Waals surface area (Å²) in [6, 6.07) is 3.34. The van der Waals surface area contributed by atoms with Gasteiger partial charge in [0.15, 0.2) is 0 Å². The Morgan fingerprint density at radius 3 is 2.73 bits per heavy atom. The second-order valence-corrected chi connectivity index (χ2v) is 3.85. The average Bonchev–Trinajstić information content (AvgIpc) is 2.20. The van der Waals surface area contributed by atoms with Gasteiger partial charge >= 0.3 is 0 Å². The number of alkyl halides is 3. The summed E-state index contributed by atoms with van der Waals surface area (Å²) in [7, 11) is 0. The van der Waals surface area contributed by atoms with Gasteiger partial charge in [0.05, 0.1) is 18.2 Å². The maximum absolute atomic E-state index is 12.5. The van der Waals surface area contributed by atoms with Crippen LogP contribution in [-0.2, 0) is 12.3 Å². The van der Waals surface area contributed by atoms with Crippen molar-refractivity contribution in [3.05, 3.63) is 27.5 Å². The van der Waals surface area contributed by atoms with Crippen LogP contribution in [0.4, 0.5) is 8.78 Å². The van der Waals surface area contributed by atoms with E-state index in [1.54, 1.807) is 0 Å². The monoisotopic (exact) mass is 294 g/mol. The lowest BCUT2D eigenvalue weighted by atomic mass is 10.2. The molecule has 0 aliphatic carbocycles. The highest BCUT2D eigenvalue weighted by Crippen LogP contribution is 2.27. The van der Waals surface area contributed by atoms with Crippen molar-refractivity contribution in [1.29, 1.82) is 5.26 Å². The number of hydrogen-bond donors (Lipinski definition) is 0. The summed E-state index contributed by atoms with van der Waals surface area (Å²) >= 11 is 8.67. The maximum Gasteiger partial charge on any atom is 0.280 e. The minimum atomic E-state index is -2.68. The Hall–Kier alpha value is -0.730. The van der Waals surface area contributed by atoms with Gasteiger partial charge in [0, 0.05) is 10.4 Å². The first-order valence-electron chi connectivity index (χ1n) is 3.99. The Bertz CT molecular complexity index is 404. The van der Waals surface area contributed by atoms with Crippen molar-refractivity contribution in [3.8, 4) is 6.07 Å². The van der Waals surface area contributed by atoms with Gasteiger partial charge in [-0.05, 0) is 27.6 Å². The van der Waals surface area contributed by atoms with Crippen molar-refractivity contribution in [2.24, 2.45) is 0 Å². The van der Waals surface area contributed by atoms with Crippen molar-refractivity contribution >= 4 is 27.5 Å². The van der Waals surface area contributed by atoms with Gasteiger partial charge in [-0.25, -0.2) is 13.8 Å². The standard InChI is InChI=1S/C9H6BrClF2N2/c10-6-3-5(4-11)8(9(12)13)15-7(6)1-2-14/h3,9H,1,4H2. The third-order valence-electron chi connectivity index (χ3n) is 1.76. The van der Waals surface area contributed by atoms with E-state index in [0.29, 0.717) is 10.2 Å². The highest BCUT2D eigenvalue weighted by atomic mass is 79.9. The van der Waals surface area contributed by atoms with Crippen molar-refractivity contribution in [1.82, 2.24) is 4.98 Å². The van der Waals surface area contributed by atoms with Gasteiger partial charge in [0.1, 0.15) is 5.69 Å². The number of nitrogens with zero attached hydrogens (tertiary/aromatic N) is 2. The first-order valence-corrected chi connectivity index (χ1v) is 5.32. The minimum absolute atomic E-state index is 0.0110. The van der Waals surface area contributed by atoms with Gasteiger partial charge < -0.3 is 0 Å². The summed E-state index contributed by atoms with van der Waals surface area (Å²) in [5.74, 6) is -0.0297. The van der Waals surface area contributed by atoms with Crippen molar-refractivity contribution in [3.63, 3.8) is 0 Å². The summed E-state index contributed by atoms with van der Waals surface area (Å²) in [6.45, 7) is 0. The molecule has 0 spiro atoms. The zero-order valence-electron chi connectivity index (χ0n) is 7.48. The van der Waals surface area contributed by atoms with E-state index in [1.807, 2.05) is 6.07 Å². The first-order chi connectivity index (χ1) is 7.10. The van der Waals surface area contributed by atoms with E-state index in [4.69, 9.17) is 16.9 Å². The van der Waals surface area contributed by atoms with Crippen molar-refractivity contribution in [2.45, 2.75) is 18.7 Å². The van der Waals surface area contributed by atoms with E-state index in [2.05, 4.69) is 20.9 Å². The Morgan fingerprint density at radius 1 is 1.60 bits per heavy atom. The number of rotatable bonds is 3. The van der Waals surface area contributed by atoms with Crippen LogP contribution in [0, 0.1) is 11.3 Å². The van der Waals surface area contributed by atoms with Crippen LogP contribution >= 0.6 is 27.5 Å². The third kappa shape index (κ3) is 2.86. The molecule has 0 radical (unpaired) electrons.